The van der Waals surface area contributed by atoms with Crippen LogP contribution in [0.15, 0.2) is 58.6 Å². The summed E-state index contributed by atoms with van der Waals surface area (Å²) in [5.41, 5.74) is -0.283. The summed E-state index contributed by atoms with van der Waals surface area (Å²) in [6.45, 7) is 0.272. The van der Waals surface area contributed by atoms with Gasteiger partial charge in [-0.2, -0.15) is 13.2 Å². The molecule has 0 unspecified atom stereocenters. The number of pyridine rings is 1. The maximum atomic E-state index is 13.1. The van der Waals surface area contributed by atoms with Crippen LogP contribution in [0.3, 0.4) is 0 Å². The van der Waals surface area contributed by atoms with E-state index >= 15 is 0 Å². The number of carbonyl (C=O) groups excluding carboxylic acids is 1. The Morgan fingerprint density at radius 1 is 1.22 bits per heavy atom. The van der Waals surface area contributed by atoms with Gasteiger partial charge in [0.2, 0.25) is 5.91 Å². The highest BCUT2D eigenvalue weighted by molar-refractivity contribution is 7.99. The van der Waals surface area contributed by atoms with Crippen molar-refractivity contribution in [1.82, 2.24) is 20.3 Å². The number of halogens is 3. The van der Waals surface area contributed by atoms with E-state index in [4.69, 9.17) is 4.42 Å². The van der Waals surface area contributed by atoms with Crippen LogP contribution in [0.25, 0.3) is 11.5 Å². The van der Waals surface area contributed by atoms with Crippen LogP contribution in [-0.2, 0) is 17.5 Å². The molecule has 0 atom stereocenters. The van der Waals surface area contributed by atoms with Crippen LogP contribution in [0.5, 0.6) is 0 Å². The number of aromatic nitrogens is 3. The monoisotopic (exact) mass is 394 g/mol. The van der Waals surface area contributed by atoms with Crippen molar-refractivity contribution in [2.24, 2.45) is 0 Å². The SMILES string of the molecule is O=C(CSc1nc(-c2ccco2)cc(C(F)(F)F)n1)NCc1cccnc1. The van der Waals surface area contributed by atoms with Gasteiger partial charge < -0.3 is 9.73 Å². The Morgan fingerprint density at radius 3 is 2.74 bits per heavy atom. The molecular weight excluding hydrogens is 381 g/mol. The fourth-order valence-electron chi connectivity index (χ4n) is 2.07. The number of alkyl halides is 3. The lowest BCUT2D eigenvalue weighted by molar-refractivity contribution is -0.141. The number of nitrogens with zero attached hydrogens (tertiary/aromatic N) is 3. The number of carbonyl (C=O) groups is 1. The molecule has 1 N–H and O–H groups in total. The third kappa shape index (κ3) is 5.30. The minimum atomic E-state index is -4.64. The Kier molecular flexibility index (Phi) is 5.75. The molecule has 6 nitrogen and oxygen atoms in total. The quantitative estimate of drug-likeness (QED) is 0.509. The molecule has 0 fully saturated rings. The van der Waals surface area contributed by atoms with Gasteiger partial charge in [-0.1, -0.05) is 17.8 Å². The molecule has 3 rings (SSSR count). The molecule has 0 saturated heterocycles. The summed E-state index contributed by atoms with van der Waals surface area (Å²) in [6.07, 6.45) is -0.0761. The van der Waals surface area contributed by atoms with Gasteiger partial charge in [-0.05, 0) is 29.8 Å². The highest BCUT2D eigenvalue weighted by atomic mass is 32.2. The first-order chi connectivity index (χ1) is 12.9. The maximum Gasteiger partial charge on any atom is 0.433 e. The first kappa shape index (κ1) is 18.9. The minimum Gasteiger partial charge on any atom is -0.463 e. The minimum absolute atomic E-state index is 0.000549. The first-order valence-electron chi connectivity index (χ1n) is 7.70. The van der Waals surface area contributed by atoms with E-state index in [-0.39, 0.29) is 34.8 Å². The van der Waals surface area contributed by atoms with E-state index in [9.17, 15) is 18.0 Å². The van der Waals surface area contributed by atoms with E-state index in [1.165, 1.54) is 12.3 Å². The lowest BCUT2D eigenvalue weighted by Gasteiger charge is -2.09. The molecule has 0 aromatic carbocycles. The summed E-state index contributed by atoms with van der Waals surface area (Å²) in [4.78, 5) is 23.4. The fraction of sp³-hybridized carbons (Fsp3) is 0.176. The van der Waals surface area contributed by atoms with Gasteiger partial charge in [0.05, 0.1) is 12.0 Å². The zero-order valence-electron chi connectivity index (χ0n) is 13.7. The number of hydrogen-bond acceptors (Lipinski definition) is 6. The molecule has 0 aliphatic heterocycles. The predicted octanol–water partition coefficient (Wildman–Crippen LogP) is 3.56. The van der Waals surface area contributed by atoms with Gasteiger partial charge in [0.15, 0.2) is 10.9 Å². The van der Waals surface area contributed by atoms with Crippen molar-refractivity contribution >= 4 is 17.7 Å². The van der Waals surface area contributed by atoms with Crippen LogP contribution in [0.2, 0.25) is 0 Å². The van der Waals surface area contributed by atoms with Crippen LogP contribution in [0.4, 0.5) is 13.2 Å². The van der Waals surface area contributed by atoms with Crippen molar-refractivity contribution in [2.75, 3.05) is 5.75 Å². The van der Waals surface area contributed by atoms with E-state index in [0.717, 1.165) is 23.4 Å². The molecule has 3 aromatic rings. The second-order valence-electron chi connectivity index (χ2n) is 5.32. The molecule has 3 heterocycles. The molecule has 1 amide bonds. The number of amides is 1. The summed E-state index contributed by atoms with van der Waals surface area (Å²) < 4.78 is 44.3. The van der Waals surface area contributed by atoms with Gasteiger partial charge in [-0.25, -0.2) is 9.97 Å². The molecule has 27 heavy (non-hydrogen) atoms. The highest BCUT2D eigenvalue weighted by Crippen LogP contribution is 2.32. The van der Waals surface area contributed by atoms with Crippen molar-refractivity contribution in [1.29, 1.82) is 0 Å². The van der Waals surface area contributed by atoms with Crippen molar-refractivity contribution < 1.29 is 22.4 Å². The standard InChI is InChI=1S/C17H13F3N4O2S/c18-17(19,20)14-7-12(13-4-2-6-26-13)23-16(24-14)27-10-15(25)22-9-11-3-1-5-21-8-11/h1-8H,9-10H2,(H,22,25). The number of rotatable bonds is 6. The number of thioether (sulfide) groups is 1. The van der Waals surface area contributed by atoms with E-state index < -0.39 is 11.9 Å². The average Bonchev–Trinajstić information content (AvgIpc) is 3.19. The Labute approximate surface area is 156 Å². The molecule has 140 valence electrons. The molecule has 0 spiro atoms. The summed E-state index contributed by atoms with van der Waals surface area (Å²) in [6, 6.07) is 7.39. The summed E-state index contributed by atoms with van der Waals surface area (Å²) in [7, 11) is 0. The fourth-order valence-corrected chi connectivity index (χ4v) is 2.76. The Balaban J connectivity index is 1.68. The summed E-state index contributed by atoms with van der Waals surface area (Å²) >= 11 is 0.814. The Hall–Kier alpha value is -2.88. The molecular formula is C17H13F3N4O2S. The van der Waals surface area contributed by atoms with Crippen LogP contribution in [-0.4, -0.2) is 26.6 Å². The van der Waals surface area contributed by atoms with Gasteiger partial charge in [0.25, 0.3) is 0 Å². The zero-order chi connectivity index (χ0) is 19.3. The van der Waals surface area contributed by atoms with Crippen LogP contribution >= 0.6 is 11.8 Å². The summed E-state index contributed by atoms with van der Waals surface area (Å²) in [5, 5.41) is 2.50. The third-order valence-corrected chi connectivity index (χ3v) is 4.16. The van der Waals surface area contributed by atoms with Gasteiger partial charge in [0, 0.05) is 18.9 Å². The molecule has 10 heteroatoms. The van der Waals surface area contributed by atoms with Crippen LogP contribution in [0.1, 0.15) is 11.3 Å². The molecule has 0 saturated carbocycles. The highest BCUT2D eigenvalue weighted by Gasteiger charge is 2.34. The maximum absolute atomic E-state index is 13.1. The zero-order valence-corrected chi connectivity index (χ0v) is 14.5. The van der Waals surface area contributed by atoms with E-state index in [1.807, 2.05) is 0 Å². The lowest BCUT2D eigenvalue weighted by Crippen LogP contribution is -2.24. The van der Waals surface area contributed by atoms with Crippen molar-refractivity contribution in [2.45, 2.75) is 17.9 Å². The van der Waals surface area contributed by atoms with E-state index in [2.05, 4.69) is 20.3 Å². The smallest absolute Gasteiger partial charge is 0.433 e. The van der Waals surface area contributed by atoms with Crippen molar-refractivity contribution in [3.8, 4) is 11.5 Å². The Morgan fingerprint density at radius 2 is 2.07 bits per heavy atom. The number of hydrogen-bond donors (Lipinski definition) is 1. The van der Waals surface area contributed by atoms with Gasteiger partial charge in [-0.15, -0.1) is 0 Å². The second-order valence-corrected chi connectivity index (χ2v) is 6.27. The van der Waals surface area contributed by atoms with Gasteiger partial charge in [0.1, 0.15) is 11.4 Å². The van der Waals surface area contributed by atoms with E-state index in [0.29, 0.717) is 0 Å². The first-order valence-corrected chi connectivity index (χ1v) is 8.69. The normalized spacial score (nSPS) is 11.4. The van der Waals surface area contributed by atoms with E-state index in [1.54, 1.807) is 30.6 Å². The topological polar surface area (TPSA) is 80.9 Å². The molecule has 0 aliphatic carbocycles. The molecule has 3 aromatic heterocycles. The van der Waals surface area contributed by atoms with Gasteiger partial charge >= 0.3 is 6.18 Å². The van der Waals surface area contributed by atoms with Gasteiger partial charge in [-0.3, -0.25) is 9.78 Å². The second kappa shape index (κ2) is 8.21. The molecule has 0 aliphatic rings. The Bertz CT molecular complexity index is 902. The average molecular weight is 394 g/mol. The van der Waals surface area contributed by atoms with Crippen molar-refractivity contribution in [3.63, 3.8) is 0 Å². The number of furan rings is 1. The van der Waals surface area contributed by atoms with Crippen LogP contribution in [0, 0.1) is 0 Å². The molecule has 0 bridgehead atoms. The largest absolute Gasteiger partial charge is 0.463 e. The number of nitrogens with one attached hydrogen (secondary N) is 1. The molecule has 0 radical (unpaired) electrons. The third-order valence-electron chi connectivity index (χ3n) is 3.31. The van der Waals surface area contributed by atoms with Crippen LogP contribution < -0.4 is 5.32 Å². The predicted molar refractivity (Wildman–Crippen MR) is 91.5 cm³/mol. The summed E-state index contributed by atoms with van der Waals surface area (Å²) in [5.74, 6) is -0.297. The van der Waals surface area contributed by atoms with Crippen molar-refractivity contribution in [3.05, 3.63) is 60.2 Å². The lowest BCUT2D eigenvalue weighted by atomic mass is 10.2.